The molecule has 104 valence electrons. The molecule has 1 heterocycles. The molecule has 3 rings (SSSR count). The quantitative estimate of drug-likeness (QED) is 0.896. The average Bonchev–Trinajstić information content (AvgIpc) is 2.89. The van der Waals surface area contributed by atoms with Gasteiger partial charge >= 0.3 is 0 Å². The van der Waals surface area contributed by atoms with Crippen molar-refractivity contribution in [2.24, 2.45) is 0 Å². The minimum Gasteiger partial charge on any atom is -0.349 e. The molecule has 0 saturated heterocycles. The van der Waals surface area contributed by atoms with Crippen LogP contribution in [-0.2, 0) is 12.8 Å². The summed E-state index contributed by atoms with van der Waals surface area (Å²) in [5.74, 6) is -0.128. The number of aryl methyl sites for hydroxylation is 1. The van der Waals surface area contributed by atoms with Crippen molar-refractivity contribution in [3.63, 3.8) is 0 Å². The number of nitrogens with one attached hydrogen (secondary N) is 2. The monoisotopic (exact) mass is 309 g/mol. The van der Waals surface area contributed by atoms with E-state index in [4.69, 9.17) is 23.2 Å². The van der Waals surface area contributed by atoms with Crippen LogP contribution in [0.3, 0.4) is 0 Å². The van der Waals surface area contributed by atoms with Crippen molar-refractivity contribution in [2.75, 3.05) is 0 Å². The number of fused-ring (bicyclic) bond motifs is 1. The first-order valence-corrected chi connectivity index (χ1v) is 7.16. The zero-order valence-corrected chi connectivity index (χ0v) is 12.1. The van der Waals surface area contributed by atoms with Crippen LogP contribution in [0.15, 0.2) is 24.4 Å². The van der Waals surface area contributed by atoms with Crippen LogP contribution in [0.2, 0.25) is 10.0 Å². The van der Waals surface area contributed by atoms with Crippen LogP contribution in [-0.4, -0.2) is 22.1 Å². The minimum absolute atomic E-state index is 0.116. The van der Waals surface area contributed by atoms with Gasteiger partial charge in [-0.15, -0.1) is 0 Å². The third-order valence-corrected chi connectivity index (χ3v) is 4.28. The van der Waals surface area contributed by atoms with Gasteiger partial charge in [0.1, 0.15) is 0 Å². The standard InChI is InChI=1S/C14H13Cl2N3O/c15-11-4-2-8(5-12(11)16)14(20)18-10-3-1-9-7-17-19-13(9)6-10/h2,4-5,7,10H,1,3,6H2,(H,17,19)(H,18,20). The minimum atomic E-state index is -0.128. The molecule has 2 aromatic rings. The Morgan fingerprint density at radius 3 is 3.00 bits per heavy atom. The van der Waals surface area contributed by atoms with E-state index in [9.17, 15) is 4.79 Å². The van der Waals surface area contributed by atoms with E-state index in [1.54, 1.807) is 18.2 Å². The van der Waals surface area contributed by atoms with Gasteiger partial charge in [0.2, 0.25) is 0 Å². The van der Waals surface area contributed by atoms with Crippen molar-refractivity contribution in [1.82, 2.24) is 15.5 Å². The largest absolute Gasteiger partial charge is 0.349 e. The predicted octanol–water partition coefficient (Wildman–Crippen LogP) is 3.00. The lowest BCUT2D eigenvalue weighted by atomic mass is 9.93. The summed E-state index contributed by atoms with van der Waals surface area (Å²) in [5.41, 5.74) is 2.87. The van der Waals surface area contributed by atoms with Crippen LogP contribution in [0.1, 0.15) is 28.0 Å². The van der Waals surface area contributed by atoms with Gasteiger partial charge in [0.15, 0.2) is 0 Å². The smallest absolute Gasteiger partial charge is 0.251 e. The van der Waals surface area contributed by atoms with E-state index in [0.717, 1.165) is 25.0 Å². The fraction of sp³-hybridized carbons (Fsp3) is 0.286. The molecule has 0 fully saturated rings. The molecule has 1 aliphatic carbocycles. The first-order valence-electron chi connectivity index (χ1n) is 6.40. The molecule has 1 amide bonds. The summed E-state index contributed by atoms with van der Waals surface area (Å²) in [4.78, 5) is 12.2. The van der Waals surface area contributed by atoms with Crippen LogP contribution < -0.4 is 5.32 Å². The van der Waals surface area contributed by atoms with Crippen LogP contribution >= 0.6 is 23.2 Å². The number of aromatic amines is 1. The summed E-state index contributed by atoms with van der Waals surface area (Å²) < 4.78 is 0. The highest BCUT2D eigenvalue weighted by molar-refractivity contribution is 6.42. The van der Waals surface area contributed by atoms with Crippen LogP contribution in [0.5, 0.6) is 0 Å². The Morgan fingerprint density at radius 1 is 1.35 bits per heavy atom. The van der Waals surface area contributed by atoms with Gasteiger partial charge in [-0.1, -0.05) is 23.2 Å². The molecular weight excluding hydrogens is 297 g/mol. The van der Waals surface area contributed by atoms with E-state index in [2.05, 4.69) is 15.5 Å². The molecule has 20 heavy (non-hydrogen) atoms. The first-order chi connectivity index (χ1) is 9.63. The second-order valence-electron chi connectivity index (χ2n) is 4.92. The normalized spacial score (nSPS) is 17.6. The van der Waals surface area contributed by atoms with Crippen LogP contribution in [0.25, 0.3) is 0 Å². The maximum atomic E-state index is 12.2. The third-order valence-electron chi connectivity index (χ3n) is 3.54. The summed E-state index contributed by atoms with van der Waals surface area (Å²) >= 11 is 11.8. The summed E-state index contributed by atoms with van der Waals surface area (Å²) in [5, 5.41) is 10.9. The Hall–Kier alpha value is -1.52. The number of amides is 1. The SMILES string of the molecule is O=C(NC1CCc2cn[nH]c2C1)c1ccc(Cl)c(Cl)c1. The molecule has 4 nitrogen and oxygen atoms in total. The Balaban J connectivity index is 1.69. The summed E-state index contributed by atoms with van der Waals surface area (Å²) in [7, 11) is 0. The van der Waals surface area contributed by atoms with E-state index < -0.39 is 0 Å². The van der Waals surface area contributed by atoms with Gasteiger partial charge < -0.3 is 5.32 Å². The Bertz CT molecular complexity index is 654. The first kappa shape index (κ1) is 13.5. The zero-order valence-electron chi connectivity index (χ0n) is 10.6. The van der Waals surface area contributed by atoms with Crippen molar-refractivity contribution in [1.29, 1.82) is 0 Å². The van der Waals surface area contributed by atoms with Crippen LogP contribution in [0, 0.1) is 0 Å². The average molecular weight is 310 g/mol. The number of aromatic nitrogens is 2. The number of rotatable bonds is 2. The molecule has 0 spiro atoms. The molecule has 1 aliphatic rings. The van der Waals surface area contributed by atoms with Crippen molar-refractivity contribution >= 4 is 29.1 Å². The lowest BCUT2D eigenvalue weighted by Crippen LogP contribution is -2.38. The summed E-state index contributed by atoms with van der Waals surface area (Å²) in [6.07, 6.45) is 4.48. The summed E-state index contributed by atoms with van der Waals surface area (Å²) in [6.45, 7) is 0. The topological polar surface area (TPSA) is 57.8 Å². The lowest BCUT2D eigenvalue weighted by molar-refractivity contribution is 0.0933. The highest BCUT2D eigenvalue weighted by atomic mass is 35.5. The highest BCUT2D eigenvalue weighted by Gasteiger charge is 2.22. The molecule has 0 saturated carbocycles. The van der Waals surface area contributed by atoms with Gasteiger partial charge in [-0.2, -0.15) is 5.10 Å². The maximum absolute atomic E-state index is 12.2. The van der Waals surface area contributed by atoms with Crippen molar-refractivity contribution in [3.8, 4) is 0 Å². The number of carbonyl (C=O) groups excluding carboxylic acids is 1. The Morgan fingerprint density at radius 2 is 2.20 bits per heavy atom. The van der Waals surface area contributed by atoms with Gasteiger partial charge in [-0.3, -0.25) is 9.89 Å². The third kappa shape index (κ3) is 2.67. The predicted molar refractivity (Wildman–Crippen MR) is 78.3 cm³/mol. The maximum Gasteiger partial charge on any atom is 0.251 e. The number of H-pyrrole nitrogens is 1. The fourth-order valence-corrected chi connectivity index (χ4v) is 2.74. The zero-order chi connectivity index (χ0) is 14.1. The molecule has 1 aromatic heterocycles. The number of hydrogen-bond acceptors (Lipinski definition) is 2. The second kappa shape index (κ2) is 5.46. The lowest BCUT2D eigenvalue weighted by Gasteiger charge is -2.22. The molecule has 6 heteroatoms. The number of nitrogens with zero attached hydrogens (tertiary/aromatic N) is 1. The van der Waals surface area contributed by atoms with Gasteiger partial charge in [0.25, 0.3) is 5.91 Å². The van der Waals surface area contributed by atoms with Gasteiger partial charge in [-0.05, 0) is 36.6 Å². The molecule has 0 aliphatic heterocycles. The van der Waals surface area contributed by atoms with E-state index in [0.29, 0.717) is 15.6 Å². The molecule has 0 radical (unpaired) electrons. The number of benzene rings is 1. The van der Waals surface area contributed by atoms with Crippen LogP contribution in [0.4, 0.5) is 0 Å². The molecular formula is C14H13Cl2N3O. The van der Waals surface area contributed by atoms with E-state index in [-0.39, 0.29) is 11.9 Å². The van der Waals surface area contributed by atoms with Crippen molar-refractivity contribution < 1.29 is 4.79 Å². The number of halogens is 2. The van der Waals surface area contributed by atoms with E-state index in [1.807, 2.05) is 6.20 Å². The summed E-state index contributed by atoms with van der Waals surface area (Å²) in [6, 6.07) is 5.01. The van der Waals surface area contributed by atoms with Gasteiger partial charge in [0, 0.05) is 23.7 Å². The second-order valence-corrected chi connectivity index (χ2v) is 5.73. The van der Waals surface area contributed by atoms with Gasteiger partial charge in [0.05, 0.1) is 16.2 Å². The van der Waals surface area contributed by atoms with E-state index >= 15 is 0 Å². The van der Waals surface area contributed by atoms with Gasteiger partial charge in [-0.25, -0.2) is 0 Å². The fourth-order valence-electron chi connectivity index (χ4n) is 2.44. The Kier molecular flexibility index (Phi) is 3.68. The number of carbonyl (C=O) groups is 1. The molecule has 2 N–H and O–H groups in total. The molecule has 1 atom stereocenters. The molecule has 1 aromatic carbocycles. The van der Waals surface area contributed by atoms with E-state index in [1.165, 1.54) is 5.56 Å². The molecule has 0 bridgehead atoms. The van der Waals surface area contributed by atoms with Crippen molar-refractivity contribution in [2.45, 2.75) is 25.3 Å². The van der Waals surface area contributed by atoms with Crippen molar-refractivity contribution in [3.05, 3.63) is 51.3 Å². The number of hydrogen-bond donors (Lipinski definition) is 2. The molecule has 1 unspecified atom stereocenters. The highest BCUT2D eigenvalue weighted by Crippen LogP contribution is 2.23. The Labute approximate surface area is 126 Å².